The summed E-state index contributed by atoms with van der Waals surface area (Å²) in [6, 6.07) is 4.55. The number of alkyl halides is 3. The number of aromatic nitrogens is 2. The fourth-order valence-electron chi connectivity index (χ4n) is 7.22. The third-order valence-corrected chi connectivity index (χ3v) is 9.62. The Hall–Kier alpha value is -3.92. The summed E-state index contributed by atoms with van der Waals surface area (Å²) in [4.78, 5) is 44.6. The van der Waals surface area contributed by atoms with Gasteiger partial charge in [-0.1, -0.05) is 6.07 Å². The standard InChI is InChI=1S/C30H31F3N6O4/c1-37-27-23(22(15-5-6-15)24(28(37)41)35-26(40)16-3-2-4-18(11-16)30(31,32)33)25(36-39(27)19-7-9-43-10-8-19)29(42)38-20(14-34)12-17-13-21(17)38/h2-4,11,15,17,19-22,24H,5-10,12-13H2,1H3,(H,35,40)/t17-,20-,21+,22-,24-/m0/s1. The van der Waals surface area contributed by atoms with E-state index < -0.39 is 41.6 Å². The second kappa shape index (κ2) is 10.1. The Morgan fingerprint density at radius 3 is 2.53 bits per heavy atom. The number of nitrogens with zero attached hydrogens (tertiary/aromatic N) is 5. The molecule has 43 heavy (non-hydrogen) atoms. The maximum absolute atomic E-state index is 14.3. The first-order valence-electron chi connectivity index (χ1n) is 14.8. The number of nitriles is 1. The molecule has 2 aliphatic carbocycles. The lowest BCUT2D eigenvalue weighted by Crippen LogP contribution is -2.55. The summed E-state index contributed by atoms with van der Waals surface area (Å²) in [6.45, 7) is 1.02. The fraction of sp³-hybridized carbons (Fsp3) is 0.567. The Kier molecular flexibility index (Phi) is 6.54. The molecule has 2 saturated heterocycles. The van der Waals surface area contributed by atoms with Crippen LogP contribution < -0.4 is 10.2 Å². The third kappa shape index (κ3) is 4.67. The predicted octanol–water partition coefficient (Wildman–Crippen LogP) is 3.65. The summed E-state index contributed by atoms with van der Waals surface area (Å²) >= 11 is 0. The minimum absolute atomic E-state index is 0.0141. The first kappa shape index (κ1) is 27.9. The van der Waals surface area contributed by atoms with Crippen molar-refractivity contribution < 1.29 is 32.3 Å². The lowest BCUT2D eigenvalue weighted by Gasteiger charge is -2.38. The highest BCUT2D eigenvalue weighted by molar-refractivity contribution is 6.07. The predicted molar refractivity (Wildman–Crippen MR) is 145 cm³/mol. The number of ether oxygens (including phenoxy) is 1. The molecule has 1 N–H and O–H groups in total. The molecule has 2 saturated carbocycles. The zero-order valence-electron chi connectivity index (χ0n) is 23.5. The topological polar surface area (TPSA) is 121 Å². The van der Waals surface area contributed by atoms with Crippen LogP contribution in [-0.4, -0.2) is 70.8 Å². The van der Waals surface area contributed by atoms with Crippen LogP contribution in [0.5, 0.6) is 0 Å². The van der Waals surface area contributed by atoms with E-state index in [0.29, 0.717) is 49.8 Å². The van der Waals surface area contributed by atoms with Crippen molar-refractivity contribution in [2.45, 2.75) is 74.8 Å². The molecule has 0 radical (unpaired) electrons. The molecule has 226 valence electrons. The number of rotatable bonds is 5. The number of carbonyl (C=O) groups excluding carboxylic acids is 3. The lowest BCUT2D eigenvalue weighted by atomic mass is 9.82. The second-order valence-electron chi connectivity index (χ2n) is 12.3. The van der Waals surface area contributed by atoms with E-state index in [2.05, 4.69) is 11.4 Å². The van der Waals surface area contributed by atoms with Gasteiger partial charge in [0.15, 0.2) is 5.69 Å². The van der Waals surface area contributed by atoms with Gasteiger partial charge in [-0.05, 0) is 68.6 Å². The Morgan fingerprint density at radius 2 is 1.86 bits per heavy atom. The number of amides is 3. The van der Waals surface area contributed by atoms with Crippen LogP contribution in [0.3, 0.4) is 0 Å². The van der Waals surface area contributed by atoms with Crippen LogP contribution in [0, 0.1) is 23.2 Å². The number of carbonyl (C=O) groups is 3. The van der Waals surface area contributed by atoms with Crippen LogP contribution in [-0.2, 0) is 15.7 Å². The first-order valence-corrected chi connectivity index (χ1v) is 14.8. The van der Waals surface area contributed by atoms with Crippen LogP contribution in [0.25, 0.3) is 0 Å². The zero-order chi connectivity index (χ0) is 30.2. The summed E-state index contributed by atoms with van der Waals surface area (Å²) in [5, 5.41) is 17.4. The molecule has 10 nitrogen and oxygen atoms in total. The Morgan fingerprint density at radius 1 is 1.12 bits per heavy atom. The number of halogens is 3. The van der Waals surface area contributed by atoms with Crippen LogP contribution >= 0.6 is 0 Å². The van der Waals surface area contributed by atoms with Crippen molar-refractivity contribution in [3.8, 4) is 6.07 Å². The molecular formula is C30H31F3N6O4. The highest BCUT2D eigenvalue weighted by Gasteiger charge is 2.57. The lowest BCUT2D eigenvalue weighted by molar-refractivity contribution is -0.137. The average molecular weight is 597 g/mol. The van der Waals surface area contributed by atoms with E-state index in [1.807, 2.05) is 0 Å². The fourth-order valence-corrected chi connectivity index (χ4v) is 7.22. The number of piperidine rings is 1. The average Bonchev–Trinajstić information content (AvgIpc) is 3.92. The van der Waals surface area contributed by atoms with Gasteiger partial charge in [-0.15, -0.1) is 0 Å². The number of anilines is 1. The number of nitrogens with one attached hydrogen (secondary N) is 1. The van der Waals surface area contributed by atoms with Crippen molar-refractivity contribution in [1.29, 1.82) is 5.26 Å². The Bertz CT molecular complexity index is 1540. The molecule has 4 heterocycles. The van der Waals surface area contributed by atoms with Gasteiger partial charge in [-0.25, -0.2) is 4.68 Å². The van der Waals surface area contributed by atoms with Crippen LogP contribution in [0.2, 0.25) is 0 Å². The van der Waals surface area contributed by atoms with E-state index in [4.69, 9.17) is 9.84 Å². The van der Waals surface area contributed by atoms with Crippen molar-refractivity contribution in [3.63, 3.8) is 0 Å². The molecule has 1 aromatic carbocycles. The monoisotopic (exact) mass is 596 g/mol. The van der Waals surface area contributed by atoms with Crippen molar-refractivity contribution in [3.05, 3.63) is 46.6 Å². The third-order valence-electron chi connectivity index (χ3n) is 9.62. The molecule has 3 aliphatic heterocycles. The number of fused-ring (bicyclic) bond motifs is 2. The molecule has 0 bridgehead atoms. The number of hydrogen-bond donors (Lipinski definition) is 1. The summed E-state index contributed by atoms with van der Waals surface area (Å²) < 4.78 is 47.4. The van der Waals surface area contributed by atoms with Crippen molar-refractivity contribution >= 4 is 23.5 Å². The van der Waals surface area contributed by atoms with Gasteiger partial charge in [0, 0.05) is 43.3 Å². The molecular weight excluding hydrogens is 565 g/mol. The maximum Gasteiger partial charge on any atom is 0.416 e. The number of hydrogen-bond acceptors (Lipinski definition) is 6. The summed E-state index contributed by atoms with van der Waals surface area (Å²) in [7, 11) is 1.57. The summed E-state index contributed by atoms with van der Waals surface area (Å²) in [6.07, 6.45) is -0.354. The molecule has 2 aromatic rings. The molecule has 5 atom stereocenters. The van der Waals surface area contributed by atoms with Crippen LogP contribution in [0.4, 0.5) is 19.0 Å². The smallest absolute Gasteiger partial charge is 0.381 e. The molecule has 5 aliphatic rings. The number of likely N-dealkylation sites (N-methyl/N-ethyl adjacent to an activating group) is 1. The van der Waals surface area contributed by atoms with Crippen molar-refractivity contribution in [2.75, 3.05) is 25.2 Å². The van der Waals surface area contributed by atoms with E-state index in [-0.39, 0.29) is 35.2 Å². The van der Waals surface area contributed by atoms with E-state index in [0.717, 1.165) is 37.5 Å². The van der Waals surface area contributed by atoms with Gasteiger partial charge in [0.2, 0.25) is 0 Å². The first-order chi connectivity index (χ1) is 20.6. The Labute approximate surface area is 245 Å². The van der Waals surface area contributed by atoms with E-state index in [9.17, 15) is 32.8 Å². The second-order valence-corrected chi connectivity index (χ2v) is 12.3. The number of likely N-dealkylation sites (tertiary alicyclic amines) is 1. The molecule has 1 aromatic heterocycles. The van der Waals surface area contributed by atoms with Crippen LogP contribution in [0.15, 0.2) is 24.3 Å². The highest BCUT2D eigenvalue weighted by atomic mass is 19.4. The molecule has 13 heteroatoms. The zero-order valence-corrected chi connectivity index (χ0v) is 23.5. The van der Waals surface area contributed by atoms with E-state index in [1.54, 1.807) is 16.6 Å². The molecule has 4 fully saturated rings. The van der Waals surface area contributed by atoms with E-state index in [1.165, 1.54) is 11.0 Å². The highest BCUT2D eigenvalue weighted by Crippen LogP contribution is 2.53. The molecule has 7 rings (SSSR count). The SMILES string of the molecule is CN1C(=O)[C@@H](NC(=O)c2cccc(C(F)(F)F)c2)[C@@H](C2CC2)c2c(C(=O)N3[C@H](C#N)C[C@H]4C[C@H]43)nn(C3CCOCC3)c21. The van der Waals surface area contributed by atoms with Gasteiger partial charge in [0.25, 0.3) is 17.7 Å². The molecule has 3 amide bonds. The van der Waals surface area contributed by atoms with Crippen molar-refractivity contribution in [1.82, 2.24) is 20.0 Å². The summed E-state index contributed by atoms with van der Waals surface area (Å²) in [5.41, 5.74) is -0.427. The largest absolute Gasteiger partial charge is 0.416 e. The normalized spacial score (nSPS) is 28.7. The minimum atomic E-state index is -4.63. The summed E-state index contributed by atoms with van der Waals surface area (Å²) in [5.74, 6) is -1.40. The van der Waals surface area contributed by atoms with Gasteiger partial charge in [-0.3, -0.25) is 19.3 Å². The maximum atomic E-state index is 14.3. The molecule has 0 spiro atoms. The number of benzene rings is 1. The molecule has 0 unspecified atom stereocenters. The quantitative estimate of drug-likeness (QED) is 0.563. The minimum Gasteiger partial charge on any atom is -0.381 e. The van der Waals surface area contributed by atoms with Gasteiger partial charge in [0.1, 0.15) is 17.9 Å². The van der Waals surface area contributed by atoms with Gasteiger partial charge < -0.3 is 15.0 Å². The van der Waals surface area contributed by atoms with Crippen molar-refractivity contribution in [2.24, 2.45) is 11.8 Å². The van der Waals surface area contributed by atoms with Gasteiger partial charge >= 0.3 is 6.18 Å². The Balaban J connectivity index is 1.31. The van der Waals surface area contributed by atoms with Gasteiger partial charge in [0.05, 0.1) is 17.7 Å². The van der Waals surface area contributed by atoms with Gasteiger partial charge in [-0.2, -0.15) is 23.5 Å². The van der Waals surface area contributed by atoms with Crippen LogP contribution in [0.1, 0.15) is 82.5 Å². The van der Waals surface area contributed by atoms with E-state index >= 15 is 0 Å².